The van der Waals surface area contributed by atoms with Gasteiger partial charge in [0, 0.05) is 40.5 Å². The number of nitrogen functional groups attached to an aromatic ring is 1. The number of thioether (sulfide) groups is 2. The molecule has 4 aromatic rings. The van der Waals surface area contributed by atoms with Gasteiger partial charge in [0.2, 0.25) is 0 Å². The Morgan fingerprint density at radius 3 is 2.45 bits per heavy atom. The second-order valence-electron chi connectivity index (χ2n) is 10.2. The number of hydrogen-bond donors (Lipinski definition) is 3. The molecule has 47 heavy (non-hydrogen) atoms. The number of ether oxygens (including phenoxy) is 1. The van der Waals surface area contributed by atoms with E-state index in [9.17, 15) is 19.2 Å². The molecule has 16 heteroatoms. The summed E-state index contributed by atoms with van der Waals surface area (Å²) in [5.74, 6) is -1.84. The van der Waals surface area contributed by atoms with Crippen LogP contribution in [0.1, 0.15) is 35.4 Å². The number of aromatic nitrogens is 3. The van der Waals surface area contributed by atoms with Crippen LogP contribution in [-0.2, 0) is 34.5 Å². The van der Waals surface area contributed by atoms with Crippen molar-refractivity contribution < 1.29 is 28.8 Å². The maximum Gasteiger partial charge on any atom is 0.356 e. The van der Waals surface area contributed by atoms with Crippen LogP contribution in [0.3, 0.4) is 0 Å². The fourth-order valence-electron chi connectivity index (χ4n) is 4.89. The molecule has 2 amide bonds. The first kappa shape index (κ1) is 32.0. The third-order valence-corrected chi connectivity index (χ3v) is 10.4. The van der Waals surface area contributed by atoms with Crippen molar-refractivity contribution in [1.82, 2.24) is 25.4 Å². The van der Waals surface area contributed by atoms with E-state index in [4.69, 9.17) is 15.3 Å². The van der Waals surface area contributed by atoms with E-state index in [0.717, 1.165) is 35.0 Å². The summed E-state index contributed by atoms with van der Waals surface area (Å²) in [4.78, 5) is 63.5. The Hall–Kier alpha value is -4.93. The lowest BCUT2D eigenvalue weighted by Crippen LogP contribution is -2.71. The lowest BCUT2D eigenvalue weighted by Gasteiger charge is -2.49. The van der Waals surface area contributed by atoms with E-state index in [-0.39, 0.29) is 22.2 Å². The van der Waals surface area contributed by atoms with Crippen LogP contribution in [0.4, 0.5) is 5.13 Å². The van der Waals surface area contributed by atoms with Gasteiger partial charge in [0.1, 0.15) is 22.8 Å². The number of anilines is 1. The number of thiazole rings is 1. The number of oxime groups is 1. The highest BCUT2D eigenvalue weighted by Gasteiger charge is 2.55. The molecular weight excluding hydrogens is 663 g/mol. The average Bonchev–Trinajstić information content (AvgIpc) is 3.77. The zero-order chi connectivity index (χ0) is 32.9. The Bertz CT molecular complexity index is 1810. The molecule has 240 valence electrons. The van der Waals surface area contributed by atoms with Gasteiger partial charge in [-0.05, 0) is 11.1 Å². The highest BCUT2D eigenvalue weighted by molar-refractivity contribution is 8.05. The number of benzene rings is 2. The second kappa shape index (κ2) is 14.2. The molecule has 6 rings (SSSR count). The van der Waals surface area contributed by atoms with E-state index in [1.807, 2.05) is 60.7 Å². The largest absolute Gasteiger partial charge is 0.448 e. The quantitative estimate of drug-likeness (QED) is 0.0688. The van der Waals surface area contributed by atoms with Crippen LogP contribution >= 0.6 is 34.9 Å². The minimum Gasteiger partial charge on any atom is -0.448 e. The predicted octanol–water partition coefficient (Wildman–Crippen LogP) is 3.59. The van der Waals surface area contributed by atoms with Gasteiger partial charge >= 0.3 is 11.9 Å². The van der Waals surface area contributed by atoms with Crippen molar-refractivity contribution in [3.63, 3.8) is 0 Å². The van der Waals surface area contributed by atoms with E-state index in [1.54, 1.807) is 12.4 Å². The highest BCUT2D eigenvalue weighted by atomic mass is 32.2. The van der Waals surface area contributed by atoms with Gasteiger partial charge in [0.05, 0.1) is 6.20 Å². The number of carbonyl (C=O) groups is 4. The van der Waals surface area contributed by atoms with Crippen molar-refractivity contribution in [2.75, 3.05) is 11.5 Å². The van der Waals surface area contributed by atoms with Crippen molar-refractivity contribution in [2.45, 2.75) is 30.2 Å². The summed E-state index contributed by atoms with van der Waals surface area (Å²) in [6, 6.07) is 17.7. The van der Waals surface area contributed by atoms with Crippen LogP contribution in [0, 0.1) is 0 Å². The first-order valence-electron chi connectivity index (χ1n) is 14.2. The number of rotatable bonds is 11. The maximum atomic E-state index is 14.1. The van der Waals surface area contributed by atoms with E-state index >= 15 is 0 Å². The Labute approximate surface area is 281 Å². The normalized spacial score (nSPS) is 17.6. The Kier molecular flexibility index (Phi) is 9.70. The molecule has 1 fully saturated rings. The molecule has 1 saturated heterocycles. The molecule has 0 radical (unpaired) electrons. The predicted molar refractivity (Wildman–Crippen MR) is 178 cm³/mol. The summed E-state index contributed by atoms with van der Waals surface area (Å²) in [5, 5.41) is 14.1. The number of aromatic amines is 1. The molecule has 13 nitrogen and oxygen atoms in total. The summed E-state index contributed by atoms with van der Waals surface area (Å²) >= 11 is 3.88. The third kappa shape index (κ3) is 7.08. The SMILES string of the molecule is CC(=O)ON=C(C(=O)N[C@@H]1C(=O)N2C(C(=O)OC(c3ccccc3)c3ccccc3)=C(SCc3cn[nH]c3)CS[C@@H]12)c1csc(N)n1. The van der Waals surface area contributed by atoms with E-state index in [0.29, 0.717) is 16.4 Å². The fourth-order valence-corrected chi connectivity index (χ4v) is 7.98. The molecule has 2 aliphatic rings. The maximum absolute atomic E-state index is 14.1. The van der Waals surface area contributed by atoms with Gasteiger partial charge in [0.25, 0.3) is 11.8 Å². The topological polar surface area (TPSA) is 182 Å². The van der Waals surface area contributed by atoms with Crippen molar-refractivity contribution >= 4 is 69.5 Å². The molecule has 2 aromatic heterocycles. The number of fused-ring (bicyclic) bond motifs is 1. The standard InChI is InChI=1S/C31H27N7O6S3/c1-17(39)44-37-23(21-15-47-31(32)35-21)27(40)36-24-28(41)38-25(22(16-46-29(24)38)45-14-18-12-33-34-13-18)30(42)43-26(19-8-4-2-5-9-19)20-10-6-3-7-11-20/h2-13,15,24,26,29H,14,16H2,1H3,(H2,32,35)(H,33,34)(H,36,40)/t24-,29+/m1/s1. The summed E-state index contributed by atoms with van der Waals surface area (Å²) in [6.45, 7) is 1.13. The van der Waals surface area contributed by atoms with Gasteiger partial charge in [-0.25, -0.2) is 14.6 Å². The van der Waals surface area contributed by atoms with Gasteiger partial charge in [-0.1, -0.05) is 65.8 Å². The van der Waals surface area contributed by atoms with Gasteiger partial charge in [-0.2, -0.15) is 5.10 Å². The van der Waals surface area contributed by atoms with Crippen molar-refractivity contribution in [1.29, 1.82) is 0 Å². The van der Waals surface area contributed by atoms with E-state index in [2.05, 4.69) is 25.7 Å². The number of H-pyrrole nitrogens is 1. The summed E-state index contributed by atoms with van der Waals surface area (Å²) in [6.07, 6.45) is 2.72. The van der Waals surface area contributed by atoms with Crippen molar-refractivity contribution in [2.24, 2.45) is 5.16 Å². The molecule has 0 unspecified atom stereocenters. The zero-order valence-electron chi connectivity index (χ0n) is 24.7. The van der Waals surface area contributed by atoms with E-state index < -0.39 is 41.3 Å². The molecule has 0 bridgehead atoms. The Morgan fingerprint density at radius 1 is 1.15 bits per heavy atom. The van der Waals surface area contributed by atoms with Crippen LogP contribution in [0.25, 0.3) is 0 Å². The molecule has 2 atom stereocenters. The monoisotopic (exact) mass is 689 g/mol. The summed E-state index contributed by atoms with van der Waals surface area (Å²) in [7, 11) is 0. The molecular formula is C31H27N7O6S3. The lowest BCUT2D eigenvalue weighted by molar-refractivity contribution is -0.154. The molecule has 4 N–H and O–H groups in total. The minimum absolute atomic E-state index is 0.0844. The van der Waals surface area contributed by atoms with Gasteiger partial charge in [0.15, 0.2) is 16.9 Å². The molecule has 2 aromatic carbocycles. The summed E-state index contributed by atoms with van der Waals surface area (Å²) in [5.41, 5.74) is 8.07. The number of esters is 1. The van der Waals surface area contributed by atoms with E-state index in [1.165, 1.54) is 33.8 Å². The fraction of sp³-hybridized carbons (Fsp3) is 0.194. The summed E-state index contributed by atoms with van der Waals surface area (Å²) < 4.78 is 6.19. The van der Waals surface area contributed by atoms with Crippen LogP contribution in [0.2, 0.25) is 0 Å². The number of hydrogen-bond acceptors (Lipinski definition) is 13. The minimum atomic E-state index is -1.01. The van der Waals surface area contributed by atoms with Gasteiger partial charge in [-0.15, -0.1) is 34.9 Å². The second-order valence-corrected chi connectivity index (χ2v) is 13.3. The van der Waals surface area contributed by atoms with Crippen LogP contribution in [0.15, 0.2) is 94.2 Å². The highest BCUT2D eigenvalue weighted by Crippen LogP contribution is 2.45. The number of carbonyl (C=O) groups excluding carboxylic acids is 4. The number of nitrogens with two attached hydrogens (primary N) is 1. The Balaban J connectivity index is 1.28. The van der Waals surface area contributed by atoms with Crippen LogP contribution < -0.4 is 11.1 Å². The van der Waals surface area contributed by atoms with Gasteiger partial charge < -0.3 is 20.6 Å². The lowest BCUT2D eigenvalue weighted by atomic mass is 10.0. The smallest absolute Gasteiger partial charge is 0.356 e. The molecule has 0 saturated carbocycles. The van der Waals surface area contributed by atoms with Crippen LogP contribution in [0.5, 0.6) is 0 Å². The first-order valence-corrected chi connectivity index (χ1v) is 17.1. The number of nitrogens with zero attached hydrogens (tertiary/aromatic N) is 4. The van der Waals surface area contributed by atoms with Crippen molar-refractivity contribution in [3.8, 4) is 0 Å². The number of amides is 2. The third-order valence-electron chi connectivity index (χ3n) is 7.06. The number of nitrogens with one attached hydrogen (secondary N) is 2. The van der Waals surface area contributed by atoms with Gasteiger partial charge in [-0.3, -0.25) is 19.6 Å². The first-order chi connectivity index (χ1) is 22.8. The zero-order valence-corrected chi connectivity index (χ0v) is 27.1. The average molecular weight is 690 g/mol. The molecule has 0 spiro atoms. The number of β-lactam (4-membered cyclic amide) rings is 1. The van der Waals surface area contributed by atoms with Crippen molar-refractivity contribution in [3.05, 3.63) is 111 Å². The molecule has 0 aliphatic carbocycles. The molecule has 4 heterocycles. The Morgan fingerprint density at radius 2 is 1.85 bits per heavy atom. The molecule has 2 aliphatic heterocycles. The van der Waals surface area contributed by atoms with Crippen LogP contribution in [-0.4, -0.2) is 66.7 Å².